The fourth-order valence-electron chi connectivity index (χ4n) is 2.07. The van der Waals surface area contributed by atoms with Crippen LogP contribution in [0.4, 0.5) is 0 Å². The summed E-state index contributed by atoms with van der Waals surface area (Å²) >= 11 is 6.06. The van der Waals surface area contributed by atoms with Gasteiger partial charge in [-0.3, -0.25) is 5.84 Å². The first-order valence-corrected chi connectivity index (χ1v) is 6.28. The van der Waals surface area contributed by atoms with E-state index in [1.807, 2.05) is 31.3 Å². The van der Waals surface area contributed by atoms with E-state index in [4.69, 9.17) is 17.4 Å². The van der Waals surface area contributed by atoms with Crippen molar-refractivity contribution in [1.29, 1.82) is 0 Å². The molecule has 1 aromatic heterocycles. The number of hydrogen-bond acceptors (Lipinski definition) is 3. The summed E-state index contributed by atoms with van der Waals surface area (Å²) in [4.78, 5) is 4.38. The third-order valence-electron chi connectivity index (χ3n) is 3.07. The van der Waals surface area contributed by atoms with E-state index in [1.165, 1.54) is 0 Å². The summed E-state index contributed by atoms with van der Waals surface area (Å²) in [6.45, 7) is 4.96. The molecule has 3 N–H and O–H groups in total. The van der Waals surface area contributed by atoms with Crippen molar-refractivity contribution in [3.63, 3.8) is 0 Å². The second-order valence-electron chi connectivity index (χ2n) is 4.17. The number of nitrogens with one attached hydrogen (secondary N) is 1. The number of nitrogens with two attached hydrogens (primary N) is 1. The summed E-state index contributed by atoms with van der Waals surface area (Å²) in [5, 5.41) is 0.699. The molecular weight excluding hydrogens is 248 g/mol. The number of benzene rings is 1. The highest BCUT2D eigenvalue weighted by Crippen LogP contribution is 2.26. The zero-order chi connectivity index (χ0) is 13.1. The van der Waals surface area contributed by atoms with Gasteiger partial charge in [0, 0.05) is 24.0 Å². The van der Waals surface area contributed by atoms with E-state index in [2.05, 4.69) is 21.9 Å². The number of aryl methyl sites for hydroxylation is 2. The van der Waals surface area contributed by atoms with Crippen LogP contribution in [0.1, 0.15) is 29.9 Å². The van der Waals surface area contributed by atoms with E-state index in [0.717, 1.165) is 23.5 Å². The van der Waals surface area contributed by atoms with Crippen LogP contribution in [-0.4, -0.2) is 9.55 Å². The van der Waals surface area contributed by atoms with E-state index in [9.17, 15) is 0 Å². The summed E-state index contributed by atoms with van der Waals surface area (Å²) < 4.78 is 2.06. The maximum atomic E-state index is 6.06. The average molecular weight is 265 g/mol. The van der Waals surface area contributed by atoms with Crippen molar-refractivity contribution in [2.45, 2.75) is 26.4 Å². The van der Waals surface area contributed by atoms with Crippen LogP contribution in [0.2, 0.25) is 5.02 Å². The lowest BCUT2D eigenvalue weighted by Gasteiger charge is -2.19. The molecule has 0 aliphatic heterocycles. The van der Waals surface area contributed by atoms with Crippen molar-refractivity contribution in [1.82, 2.24) is 15.0 Å². The summed E-state index contributed by atoms with van der Waals surface area (Å²) in [6, 6.07) is 5.64. The van der Waals surface area contributed by atoms with Gasteiger partial charge in [0.2, 0.25) is 0 Å². The molecule has 0 radical (unpaired) electrons. The molecule has 1 heterocycles. The second kappa shape index (κ2) is 5.52. The molecule has 4 nitrogen and oxygen atoms in total. The molecule has 96 valence electrons. The molecular formula is C13H17ClN4. The van der Waals surface area contributed by atoms with Crippen molar-refractivity contribution in [3.8, 4) is 0 Å². The highest BCUT2D eigenvalue weighted by Gasteiger charge is 2.19. The Morgan fingerprint density at radius 3 is 2.94 bits per heavy atom. The number of aromatic nitrogens is 2. The normalized spacial score (nSPS) is 12.7. The lowest BCUT2D eigenvalue weighted by molar-refractivity contribution is 0.559. The second-order valence-corrected chi connectivity index (χ2v) is 4.61. The highest BCUT2D eigenvalue weighted by molar-refractivity contribution is 6.30. The van der Waals surface area contributed by atoms with Gasteiger partial charge in [-0.1, -0.05) is 17.7 Å². The van der Waals surface area contributed by atoms with Gasteiger partial charge in [0.25, 0.3) is 0 Å². The molecule has 0 saturated carbocycles. The first-order valence-electron chi connectivity index (χ1n) is 5.90. The predicted molar refractivity (Wildman–Crippen MR) is 73.3 cm³/mol. The van der Waals surface area contributed by atoms with Gasteiger partial charge in [-0.05, 0) is 37.1 Å². The molecule has 1 atom stereocenters. The topological polar surface area (TPSA) is 55.9 Å². The van der Waals surface area contributed by atoms with Crippen LogP contribution < -0.4 is 11.3 Å². The maximum absolute atomic E-state index is 6.06. The lowest BCUT2D eigenvalue weighted by Crippen LogP contribution is -2.31. The third-order valence-corrected chi connectivity index (χ3v) is 3.30. The van der Waals surface area contributed by atoms with Gasteiger partial charge in [-0.15, -0.1) is 0 Å². The molecule has 0 saturated heterocycles. The Balaban J connectivity index is 2.48. The molecule has 2 aromatic rings. The fraction of sp³-hybridized carbons (Fsp3) is 0.308. The zero-order valence-corrected chi connectivity index (χ0v) is 11.3. The molecule has 0 amide bonds. The van der Waals surface area contributed by atoms with Crippen molar-refractivity contribution in [2.24, 2.45) is 5.84 Å². The molecule has 5 heteroatoms. The van der Waals surface area contributed by atoms with E-state index in [-0.39, 0.29) is 6.04 Å². The number of hydrogen-bond donors (Lipinski definition) is 2. The van der Waals surface area contributed by atoms with Crippen molar-refractivity contribution in [3.05, 3.63) is 52.6 Å². The lowest BCUT2D eigenvalue weighted by atomic mass is 10.0. The van der Waals surface area contributed by atoms with E-state index in [1.54, 1.807) is 6.20 Å². The first kappa shape index (κ1) is 13.1. The van der Waals surface area contributed by atoms with Gasteiger partial charge in [0.1, 0.15) is 11.9 Å². The molecule has 0 fully saturated rings. The van der Waals surface area contributed by atoms with Crippen molar-refractivity contribution >= 4 is 11.6 Å². The van der Waals surface area contributed by atoms with Gasteiger partial charge < -0.3 is 4.57 Å². The molecule has 0 spiro atoms. The highest BCUT2D eigenvalue weighted by atomic mass is 35.5. The van der Waals surface area contributed by atoms with Gasteiger partial charge >= 0.3 is 0 Å². The smallest absolute Gasteiger partial charge is 0.131 e. The Hall–Kier alpha value is -1.36. The van der Waals surface area contributed by atoms with Crippen LogP contribution in [0.5, 0.6) is 0 Å². The fourth-order valence-corrected chi connectivity index (χ4v) is 2.25. The van der Waals surface area contributed by atoms with E-state index < -0.39 is 0 Å². The third kappa shape index (κ3) is 2.41. The van der Waals surface area contributed by atoms with Crippen molar-refractivity contribution < 1.29 is 0 Å². The van der Waals surface area contributed by atoms with Crippen LogP contribution in [0.15, 0.2) is 30.6 Å². The number of imidazole rings is 1. The first-order chi connectivity index (χ1) is 8.67. The Bertz CT molecular complexity index is 536. The Morgan fingerprint density at radius 1 is 1.50 bits per heavy atom. The van der Waals surface area contributed by atoms with Crippen LogP contribution in [0, 0.1) is 6.92 Å². The Labute approximate surface area is 112 Å². The molecule has 2 rings (SSSR count). The summed E-state index contributed by atoms with van der Waals surface area (Å²) in [6.07, 6.45) is 3.72. The van der Waals surface area contributed by atoms with Gasteiger partial charge in [0.15, 0.2) is 0 Å². The number of hydrazine groups is 1. The Kier molecular flexibility index (Phi) is 4.01. The van der Waals surface area contributed by atoms with Crippen LogP contribution in [0.3, 0.4) is 0 Å². The maximum Gasteiger partial charge on any atom is 0.131 e. The number of nitrogens with zero attached hydrogens (tertiary/aromatic N) is 2. The molecule has 0 bridgehead atoms. The molecule has 1 aromatic carbocycles. The number of halogens is 1. The zero-order valence-electron chi connectivity index (χ0n) is 10.5. The van der Waals surface area contributed by atoms with E-state index in [0.29, 0.717) is 5.02 Å². The van der Waals surface area contributed by atoms with Gasteiger partial charge in [-0.25, -0.2) is 10.4 Å². The van der Waals surface area contributed by atoms with Gasteiger partial charge in [0.05, 0.1) is 0 Å². The van der Waals surface area contributed by atoms with Gasteiger partial charge in [-0.2, -0.15) is 0 Å². The number of rotatable bonds is 4. The quantitative estimate of drug-likeness (QED) is 0.659. The molecule has 0 aliphatic rings. The van der Waals surface area contributed by atoms with E-state index >= 15 is 0 Å². The van der Waals surface area contributed by atoms with Crippen LogP contribution >= 0.6 is 11.6 Å². The Morgan fingerprint density at radius 2 is 2.28 bits per heavy atom. The predicted octanol–water partition coefficient (Wildman–Crippen LogP) is 2.42. The van der Waals surface area contributed by atoms with Crippen LogP contribution in [0.25, 0.3) is 0 Å². The molecule has 18 heavy (non-hydrogen) atoms. The minimum absolute atomic E-state index is 0.154. The largest absolute Gasteiger partial charge is 0.334 e. The van der Waals surface area contributed by atoms with Crippen LogP contribution in [-0.2, 0) is 6.54 Å². The summed E-state index contributed by atoms with van der Waals surface area (Å²) in [5.74, 6) is 6.59. The van der Waals surface area contributed by atoms with Crippen molar-refractivity contribution in [2.75, 3.05) is 0 Å². The standard InChI is InChI=1S/C13H17ClN4/c1-3-18-7-6-16-13(18)12(17-15)11-8-10(14)5-4-9(11)2/h4-8,12,17H,3,15H2,1-2H3. The molecule has 0 aliphatic carbocycles. The minimum Gasteiger partial charge on any atom is -0.334 e. The minimum atomic E-state index is -0.154. The SMILES string of the molecule is CCn1ccnc1C(NN)c1cc(Cl)ccc1C. The summed E-state index contributed by atoms with van der Waals surface area (Å²) in [7, 11) is 0. The monoisotopic (exact) mass is 264 g/mol. The average Bonchev–Trinajstić information content (AvgIpc) is 2.83. The molecule has 1 unspecified atom stereocenters. The summed E-state index contributed by atoms with van der Waals surface area (Å²) in [5.41, 5.74) is 5.00.